The van der Waals surface area contributed by atoms with Gasteiger partial charge in [0.25, 0.3) is 0 Å². The molecule has 0 spiro atoms. The standard InChI is InChI=1S/C25H27F4N3O2S/c1-15(2)20-13-8-17(25(27,28)29)14-21(20)23-22(26)24(16-6-4-3-5-7-16)32(31-23)18-9-11-19(12-10-18)35(30,33)34/h3-7,9-12,15,17,20-21H,8,13-14H2,1-2H3,(H2,30,33,34). The summed E-state index contributed by atoms with van der Waals surface area (Å²) in [5, 5.41) is 9.70. The van der Waals surface area contributed by atoms with Gasteiger partial charge in [0.15, 0.2) is 5.82 Å². The largest absolute Gasteiger partial charge is 0.391 e. The topological polar surface area (TPSA) is 78.0 Å². The first-order valence-corrected chi connectivity index (χ1v) is 13.0. The molecule has 2 N–H and O–H groups in total. The Balaban J connectivity index is 1.88. The van der Waals surface area contributed by atoms with E-state index in [2.05, 4.69) is 5.10 Å². The van der Waals surface area contributed by atoms with Crippen LogP contribution in [0.3, 0.4) is 0 Å². The summed E-state index contributed by atoms with van der Waals surface area (Å²) in [7, 11) is -3.93. The lowest BCUT2D eigenvalue weighted by Gasteiger charge is -2.38. The van der Waals surface area contributed by atoms with Crippen molar-refractivity contribution in [2.75, 3.05) is 0 Å². The van der Waals surface area contributed by atoms with Gasteiger partial charge in [-0.1, -0.05) is 44.2 Å². The number of nitrogens with two attached hydrogens (primary N) is 1. The molecule has 3 atom stereocenters. The van der Waals surface area contributed by atoms with Gasteiger partial charge in [0.2, 0.25) is 10.0 Å². The van der Waals surface area contributed by atoms with Crippen LogP contribution < -0.4 is 5.14 Å². The number of hydrogen-bond donors (Lipinski definition) is 1. The second-order valence-corrected chi connectivity index (χ2v) is 11.0. The highest BCUT2D eigenvalue weighted by atomic mass is 32.2. The molecule has 35 heavy (non-hydrogen) atoms. The second-order valence-electron chi connectivity index (χ2n) is 9.43. The fourth-order valence-corrected chi connectivity index (χ4v) is 5.58. The fourth-order valence-electron chi connectivity index (χ4n) is 5.07. The number of benzene rings is 2. The summed E-state index contributed by atoms with van der Waals surface area (Å²) in [6, 6.07) is 14.1. The molecule has 188 valence electrons. The molecule has 2 aromatic carbocycles. The first-order valence-electron chi connectivity index (χ1n) is 11.4. The highest BCUT2D eigenvalue weighted by Crippen LogP contribution is 2.49. The Hall–Kier alpha value is -2.72. The van der Waals surface area contributed by atoms with E-state index in [0.29, 0.717) is 17.7 Å². The van der Waals surface area contributed by atoms with Gasteiger partial charge in [0, 0.05) is 11.5 Å². The van der Waals surface area contributed by atoms with Crippen LogP contribution in [-0.4, -0.2) is 24.4 Å². The number of aromatic nitrogens is 2. The second kappa shape index (κ2) is 9.39. The van der Waals surface area contributed by atoms with Gasteiger partial charge in [-0.2, -0.15) is 18.3 Å². The summed E-state index contributed by atoms with van der Waals surface area (Å²) >= 11 is 0. The van der Waals surface area contributed by atoms with Crippen molar-refractivity contribution < 1.29 is 26.0 Å². The minimum atomic E-state index is -4.36. The van der Waals surface area contributed by atoms with E-state index in [1.807, 2.05) is 13.8 Å². The molecule has 1 fully saturated rings. The Morgan fingerprint density at radius 3 is 2.20 bits per heavy atom. The fraction of sp³-hybridized carbons (Fsp3) is 0.400. The number of primary sulfonamides is 1. The molecule has 3 aromatic rings. The number of nitrogens with zero attached hydrogens (tertiary/aromatic N) is 2. The zero-order chi connectivity index (χ0) is 25.5. The van der Waals surface area contributed by atoms with Crippen molar-refractivity contribution in [2.45, 2.75) is 50.1 Å². The van der Waals surface area contributed by atoms with E-state index in [1.54, 1.807) is 30.3 Å². The lowest BCUT2D eigenvalue weighted by Crippen LogP contribution is -2.34. The quantitative estimate of drug-likeness (QED) is 0.426. The molecule has 1 aliphatic rings. The van der Waals surface area contributed by atoms with E-state index in [-0.39, 0.29) is 41.0 Å². The van der Waals surface area contributed by atoms with E-state index in [9.17, 15) is 21.6 Å². The van der Waals surface area contributed by atoms with Gasteiger partial charge in [-0.3, -0.25) is 0 Å². The summed E-state index contributed by atoms with van der Waals surface area (Å²) < 4.78 is 81.6. The van der Waals surface area contributed by atoms with Crippen molar-refractivity contribution >= 4 is 10.0 Å². The van der Waals surface area contributed by atoms with Gasteiger partial charge >= 0.3 is 6.18 Å². The van der Waals surface area contributed by atoms with Gasteiger partial charge < -0.3 is 0 Å². The van der Waals surface area contributed by atoms with E-state index < -0.39 is 33.9 Å². The van der Waals surface area contributed by atoms with Crippen molar-refractivity contribution in [3.63, 3.8) is 0 Å². The number of rotatable bonds is 5. The average Bonchev–Trinajstić information content (AvgIpc) is 3.15. The van der Waals surface area contributed by atoms with Crippen LogP contribution in [0.25, 0.3) is 16.9 Å². The maximum atomic E-state index is 16.1. The van der Waals surface area contributed by atoms with E-state index in [1.165, 1.54) is 28.9 Å². The molecule has 1 aliphatic carbocycles. The summed E-state index contributed by atoms with van der Waals surface area (Å²) in [6.45, 7) is 3.87. The highest BCUT2D eigenvalue weighted by Gasteiger charge is 2.47. The SMILES string of the molecule is CC(C)C1CCC(C(F)(F)F)CC1c1nn(-c2ccc(S(N)(=O)=O)cc2)c(-c2ccccc2)c1F. The third kappa shape index (κ3) is 5.13. The molecule has 5 nitrogen and oxygen atoms in total. The Bertz CT molecular complexity index is 1290. The molecule has 1 saturated carbocycles. The normalized spacial score (nSPS) is 21.4. The van der Waals surface area contributed by atoms with Crippen molar-refractivity contribution in [3.8, 4) is 16.9 Å². The summed E-state index contributed by atoms with van der Waals surface area (Å²) in [4.78, 5) is -0.115. The summed E-state index contributed by atoms with van der Waals surface area (Å²) in [6.07, 6.45) is -4.22. The first kappa shape index (κ1) is 25.4. The monoisotopic (exact) mass is 509 g/mol. The van der Waals surface area contributed by atoms with Crippen molar-refractivity contribution in [3.05, 3.63) is 66.1 Å². The highest BCUT2D eigenvalue weighted by molar-refractivity contribution is 7.89. The minimum Gasteiger partial charge on any atom is -0.230 e. The Labute approximate surface area is 202 Å². The van der Waals surface area contributed by atoms with Crippen LogP contribution in [0.15, 0.2) is 59.5 Å². The molecule has 10 heteroatoms. The van der Waals surface area contributed by atoms with E-state index >= 15 is 4.39 Å². The van der Waals surface area contributed by atoms with Gasteiger partial charge in [-0.25, -0.2) is 22.6 Å². The molecule has 0 amide bonds. The first-order chi connectivity index (χ1) is 16.4. The molecule has 1 heterocycles. The summed E-state index contributed by atoms with van der Waals surface area (Å²) in [5.74, 6) is -2.98. The third-order valence-corrected chi connectivity index (χ3v) is 7.81. The minimum absolute atomic E-state index is 0.00651. The lowest BCUT2D eigenvalue weighted by molar-refractivity contribution is -0.186. The summed E-state index contributed by atoms with van der Waals surface area (Å²) in [5.41, 5.74) is 0.988. The van der Waals surface area contributed by atoms with Crippen LogP contribution in [-0.2, 0) is 10.0 Å². The zero-order valence-electron chi connectivity index (χ0n) is 19.3. The molecule has 0 saturated heterocycles. The van der Waals surface area contributed by atoms with Crippen LogP contribution in [0.4, 0.5) is 17.6 Å². The average molecular weight is 510 g/mol. The Kier molecular flexibility index (Phi) is 6.80. The number of sulfonamides is 1. The Morgan fingerprint density at radius 2 is 1.66 bits per heavy atom. The lowest BCUT2D eigenvalue weighted by atomic mass is 9.68. The van der Waals surface area contributed by atoms with Crippen molar-refractivity contribution in [1.29, 1.82) is 0 Å². The molecule has 0 bridgehead atoms. The van der Waals surface area contributed by atoms with Gasteiger partial charge in [0.1, 0.15) is 11.4 Å². The molecule has 4 rings (SSSR count). The number of halogens is 4. The molecule has 0 radical (unpaired) electrons. The van der Waals surface area contributed by atoms with Crippen LogP contribution in [0.1, 0.15) is 44.7 Å². The molecule has 1 aromatic heterocycles. The number of hydrogen-bond acceptors (Lipinski definition) is 3. The molecule has 0 aliphatic heterocycles. The van der Waals surface area contributed by atoms with Crippen LogP contribution >= 0.6 is 0 Å². The molecular formula is C25H27F4N3O2S. The molecular weight excluding hydrogens is 482 g/mol. The molecule has 3 unspecified atom stereocenters. The van der Waals surface area contributed by atoms with Crippen LogP contribution in [0, 0.1) is 23.6 Å². The van der Waals surface area contributed by atoms with Crippen molar-refractivity contribution in [1.82, 2.24) is 9.78 Å². The van der Waals surface area contributed by atoms with E-state index in [4.69, 9.17) is 5.14 Å². The van der Waals surface area contributed by atoms with Crippen LogP contribution in [0.2, 0.25) is 0 Å². The van der Waals surface area contributed by atoms with Crippen molar-refractivity contribution in [2.24, 2.45) is 22.9 Å². The zero-order valence-corrected chi connectivity index (χ0v) is 20.2. The third-order valence-electron chi connectivity index (χ3n) is 6.88. The smallest absolute Gasteiger partial charge is 0.230 e. The van der Waals surface area contributed by atoms with Gasteiger partial charge in [0.05, 0.1) is 16.5 Å². The number of alkyl halides is 3. The van der Waals surface area contributed by atoms with Crippen LogP contribution in [0.5, 0.6) is 0 Å². The predicted octanol–water partition coefficient (Wildman–Crippen LogP) is 6.04. The Morgan fingerprint density at radius 1 is 1.03 bits per heavy atom. The maximum absolute atomic E-state index is 16.1. The predicted molar refractivity (Wildman–Crippen MR) is 125 cm³/mol. The van der Waals surface area contributed by atoms with E-state index in [0.717, 1.165) is 0 Å². The maximum Gasteiger partial charge on any atom is 0.391 e. The van der Waals surface area contributed by atoms with Gasteiger partial charge in [-0.15, -0.1) is 0 Å². The van der Waals surface area contributed by atoms with Gasteiger partial charge in [-0.05, 0) is 55.4 Å².